The molecule has 6 heteroatoms. The van der Waals surface area contributed by atoms with Gasteiger partial charge in [0.25, 0.3) is 0 Å². The van der Waals surface area contributed by atoms with Gasteiger partial charge >= 0.3 is 0 Å². The molecule has 0 saturated carbocycles. The van der Waals surface area contributed by atoms with E-state index < -0.39 is 9.84 Å². The molecule has 2 heterocycles. The van der Waals surface area contributed by atoms with Gasteiger partial charge in [-0.25, -0.2) is 8.42 Å². The Morgan fingerprint density at radius 2 is 2.14 bits per heavy atom. The van der Waals surface area contributed by atoms with Crippen molar-refractivity contribution in [1.82, 2.24) is 5.32 Å². The summed E-state index contributed by atoms with van der Waals surface area (Å²) in [5.74, 6) is 0.450. The minimum atomic E-state index is -2.98. The van der Waals surface area contributed by atoms with E-state index in [1.54, 1.807) is 6.08 Å². The Morgan fingerprint density at radius 1 is 1.33 bits per heavy atom. The molecule has 1 aliphatic rings. The van der Waals surface area contributed by atoms with E-state index in [1.165, 1.54) is 6.08 Å². The highest BCUT2D eigenvalue weighted by atomic mass is 32.2. The maximum Gasteiger partial charge on any atom is 0.244 e. The lowest BCUT2D eigenvalue weighted by atomic mass is 10.2. The van der Waals surface area contributed by atoms with Gasteiger partial charge in [-0.15, -0.1) is 0 Å². The smallest absolute Gasteiger partial charge is 0.244 e. The van der Waals surface area contributed by atoms with Gasteiger partial charge in [0.1, 0.15) is 11.3 Å². The molecule has 0 radical (unpaired) electrons. The standard InChI is InChI=1S/C15H15NO4S/c17-15(16-12-7-8-21(18,19)10-12)6-5-13-9-11-3-1-2-4-14(11)20-13/h1-6,9,12H,7-8,10H2,(H,16,17)/b6-5-/t12-/m1/s1. The molecule has 1 aromatic carbocycles. The molecule has 21 heavy (non-hydrogen) atoms. The fourth-order valence-corrected chi connectivity index (χ4v) is 4.07. The first kappa shape index (κ1) is 13.9. The average Bonchev–Trinajstić information content (AvgIpc) is 2.99. The normalized spacial score (nSPS) is 21.0. The molecule has 2 aromatic rings. The predicted molar refractivity (Wildman–Crippen MR) is 80.4 cm³/mol. The van der Waals surface area contributed by atoms with Gasteiger partial charge in [-0.3, -0.25) is 4.79 Å². The quantitative estimate of drug-likeness (QED) is 0.877. The minimum absolute atomic E-state index is 0.0250. The fourth-order valence-electron chi connectivity index (χ4n) is 2.40. The summed E-state index contributed by atoms with van der Waals surface area (Å²) in [7, 11) is -2.98. The van der Waals surface area contributed by atoms with Crippen molar-refractivity contribution < 1.29 is 17.6 Å². The molecule has 1 fully saturated rings. The second kappa shape index (κ2) is 5.37. The number of rotatable bonds is 3. The third-order valence-corrected chi connectivity index (χ3v) is 5.19. The van der Waals surface area contributed by atoms with Gasteiger partial charge in [0.05, 0.1) is 11.5 Å². The second-order valence-corrected chi connectivity index (χ2v) is 7.36. The summed E-state index contributed by atoms with van der Waals surface area (Å²) in [6.45, 7) is 0. The summed E-state index contributed by atoms with van der Waals surface area (Å²) in [5, 5.41) is 3.66. The number of carbonyl (C=O) groups is 1. The van der Waals surface area contributed by atoms with E-state index in [0.29, 0.717) is 12.2 Å². The van der Waals surface area contributed by atoms with Crippen LogP contribution < -0.4 is 5.32 Å². The molecular weight excluding hydrogens is 290 g/mol. The first-order valence-corrected chi connectivity index (χ1v) is 8.51. The van der Waals surface area contributed by atoms with Gasteiger partial charge in [0.15, 0.2) is 9.84 Å². The Morgan fingerprint density at radius 3 is 2.86 bits per heavy atom. The number of furan rings is 1. The number of sulfone groups is 1. The lowest BCUT2D eigenvalue weighted by Crippen LogP contribution is -2.34. The number of hydrogen-bond donors (Lipinski definition) is 1. The number of hydrogen-bond acceptors (Lipinski definition) is 4. The number of fused-ring (bicyclic) bond motifs is 1. The van der Waals surface area contributed by atoms with Crippen LogP contribution in [0.25, 0.3) is 17.0 Å². The van der Waals surface area contributed by atoms with Crippen LogP contribution in [0.15, 0.2) is 40.8 Å². The van der Waals surface area contributed by atoms with E-state index in [-0.39, 0.29) is 23.5 Å². The van der Waals surface area contributed by atoms with Gasteiger partial charge in [-0.2, -0.15) is 0 Å². The van der Waals surface area contributed by atoms with E-state index in [1.807, 2.05) is 30.3 Å². The van der Waals surface area contributed by atoms with Gasteiger partial charge in [-0.1, -0.05) is 18.2 Å². The molecule has 1 aromatic heterocycles. The number of para-hydroxylation sites is 1. The summed E-state index contributed by atoms with van der Waals surface area (Å²) >= 11 is 0. The van der Waals surface area contributed by atoms with Crippen molar-refractivity contribution >= 4 is 32.8 Å². The molecule has 110 valence electrons. The number of amides is 1. The van der Waals surface area contributed by atoms with Crippen LogP contribution in [0.3, 0.4) is 0 Å². The first-order valence-electron chi connectivity index (χ1n) is 6.69. The van der Waals surface area contributed by atoms with Crippen LogP contribution in [-0.2, 0) is 14.6 Å². The number of nitrogens with one attached hydrogen (secondary N) is 1. The largest absolute Gasteiger partial charge is 0.457 e. The molecule has 0 unspecified atom stereocenters. The molecule has 3 rings (SSSR count). The maximum absolute atomic E-state index is 11.8. The van der Waals surface area contributed by atoms with Crippen LogP contribution in [-0.4, -0.2) is 31.9 Å². The minimum Gasteiger partial charge on any atom is -0.457 e. The summed E-state index contributed by atoms with van der Waals surface area (Å²) in [6.07, 6.45) is 3.42. The van der Waals surface area contributed by atoms with Crippen LogP contribution >= 0.6 is 0 Å². The van der Waals surface area contributed by atoms with Crippen molar-refractivity contribution in [3.05, 3.63) is 42.2 Å². The van der Waals surface area contributed by atoms with Crippen molar-refractivity contribution in [2.75, 3.05) is 11.5 Å². The highest BCUT2D eigenvalue weighted by Crippen LogP contribution is 2.19. The van der Waals surface area contributed by atoms with Crippen molar-refractivity contribution in [3.63, 3.8) is 0 Å². The van der Waals surface area contributed by atoms with E-state index in [2.05, 4.69) is 5.32 Å². The van der Waals surface area contributed by atoms with Crippen LogP contribution in [0.4, 0.5) is 0 Å². The van der Waals surface area contributed by atoms with Gasteiger partial charge < -0.3 is 9.73 Å². The third-order valence-electron chi connectivity index (χ3n) is 3.42. The molecule has 0 aliphatic carbocycles. The SMILES string of the molecule is O=C(/C=C\c1cc2ccccc2o1)N[C@@H]1CCS(=O)(=O)C1. The van der Waals surface area contributed by atoms with Crippen molar-refractivity contribution in [3.8, 4) is 0 Å². The highest BCUT2D eigenvalue weighted by Gasteiger charge is 2.28. The molecule has 1 aliphatic heterocycles. The van der Waals surface area contributed by atoms with Crippen LogP contribution in [0.5, 0.6) is 0 Å². The Bertz CT molecular complexity index is 771. The molecule has 1 amide bonds. The fraction of sp³-hybridized carbons (Fsp3) is 0.267. The zero-order valence-electron chi connectivity index (χ0n) is 11.3. The molecule has 1 N–H and O–H groups in total. The Balaban J connectivity index is 1.64. The van der Waals surface area contributed by atoms with Gasteiger partial charge in [-0.05, 0) is 24.6 Å². The summed E-state index contributed by atoms with van der Waals surface area (Å²) in [6, 6.07) is 9.14. The van der Waals surface area contributed by atoms with Gasteiger partial charge in [0, 0.05) is 17.5 Å². The second-order valence-electron chi connectivity index (χ2n) is 5.13. The summed E-state index contributed by atoms with van der Waals surface area (Å²) in [4.78, 5) is 11.8. The topological polar surface area (TPSA) is 76.4 Å². The monoisotopic (exact) mass is 305 g/mol. The molecule has 0 bridgehead atoms. The van der Waals surface area contributed by atoms with E-state index in [4.69, 9.17) is 4.42 Å². The van der Waals surface area contributed by atoms with Crippen LogP contribution in [0.2, 0.25) is 0 Å². The number of benzene rings is 1. The average molecular weight is 305 g/mol. The Kier molecular flexibility index (Phi) is 3.55. The maximum atomic E-state index is 11.8. The van der Waals surface area contributed by atoms with Gasteiger partial charge in [0.2, 0.25) is 5.91 Å². The zero-order chi connectivity index (χ0) is 14.9. The molecular formula is C15H15NO4S. The number of carbonyl (C=O) groups excluding carboxylic acids is 1. The summed E-state index contributed by atoms with van der Waals surface area (Å²) < 4.78 is 28.2. The zero-order valence-corrected chi connectivity index (χ0v) is 12.1. The van der Waals surface area contributed by atoms with Crippen molar-refractivity contribution in [2.24, 2.45) is 0 Å². The predicted octanol–water partition coefficient (Wildman–Crippen LogP) is 1.75. The molecule has 1 atom stereocenters. The molecule has 0 spiro atoms. The highest BCUT2D eigenvalue weighted by molar-refractivity contribution is 7.91. The first-order chi connectivity index (χ1) is 10.0. The van der Waals surface area contributed by atoms with E-state index in [0.717, 1.165) is 11.0 Å². The molecule has 5 nitrogen and oxygen atoms in total. The van der Waals surface area contributed by atoms with Crippen LogP contribution in [0.1, 0.15) is 12.2 Å². The molecule has 1 saturated heterocycles. The van der Waals surface area contributed by atoms with Crippen molar-refractivity contribution in [1.29, 1.82) is 0 Å². The Hall–Kier alpha value is -2.08. The lowest BCUT2D eigenvalue weighted by molar-refractivity contribution is -0.116. The third kappa shape index (κ3) is 3.33. The van der Waals surface area contributed by atoms with E-state index >= 15 is 0 Å². The van der Waals surface area contributed by atoms with Crippen molar-refractivity contribution in [2.45, 2.75) is 12.5 Å². The van der Waals surface area contributed by atoms with Crippen LogP contribution in [0, 0.1) is 0 Å². The van der Waals surface area contributed by atoms with E-state index in [9.17, 15) is 13.2 Å². The summed E-state index contributed by atoms with van der Waals surface area (Å²) in [5.41, 5.74) is 0.763. The lowest BCUT2D eigenvalue weighted by Gasteiger charge is -2.07. The Labute approximate surface area is 122 Å².